The first kappa shape index (κ1) is 19.3. The van der Waals surface area contributed by atoms with E-state index in [1.165, 1.54) is 12.0 Å². The van der Waals surface area contributed by atoms with Crippen LogP contribution in [0.25, 0.3) is 12.2 Å². The minimum absolute atomic E-state index is 0.105. The first-order chi connectivity index (χ1) is 13.6. The van der Waals surface area contributed by atoms with Gasteiger partial charge >= 0.3 is 5.97 Å². The third-order valence-corrected chi connectivity index (χ3v) is 4.24. The zero-order chi connectivity index (χ0) is 19.9. The molecule has 144 valence electrons. The molecular formula is C21H21N3O4. The molecule has 0 bridgehead atoms. The van der Waals surface area contributed by atoms with Crippen LogP contribution in [0.5, 0.6) is 0 Å². The number of nitrogens with zero attached hydrogens (tertiary/aromatic N) is 2. The van der Waals surface area contributed by atoms with Crippen LogP contribution in [-0.2, 0) is 14.3 Å². The van der Waals surface area contributed by atoms with Crippen molar-refractivity contribution in [1.82, 2.24) is 9.88 Å². The highest BCUT2D eigenvalue weighted by molar-refractivity contribution is 6.08. The lowest BCUT2D eigenvalue weighted by Crippen LogP contribution is -2.31. The fourth-order valence-electron chi connectivity index (χ4n) is 2.87. The van der Waals surface area contributed by atoms with E-state index >= 15 is 0 Å². The maximum Gasteiger partial charge on any atom is 0.337 e. The number of nitrogens with one attached hydrogen (secondary N) is 1. The molecule has 0 atom stereocenters. The van der Waals surface area contributed by atoms with E-state index in [4.69, 9.17) is 9.84 Å². The van der Waals surface area contributed by atoms with Crippen LogP contribution in [0, 0.1) is 0 Å². The van der Waals surface area contributed by atoms with Gasteiger partial charge in [-0.25, -0.2) is 4.79 Å². The molecule has 1 aromatic heterocycles. The number of carbonyl (C=O) groups excluding carboxylic acids is 2. The molecule has 2 N–H and O–H groups in total. The second-order valence-electron chi connectivity index (χ2n) is 6.13. The summed E-state index contributed by atoms with van der Waals surface area (Å²) in [5.74, 6) is -0.911. The Bertz CT molecular complexity index is 922. The van der Waals surface area contributed by atoms with Crippen LogP contribution >= 0.6 is 0 Å². The highest BCUT2D eigenvalue weighted by Crippen LogP contribution is 2.23. The molecule has 3 rings (SSSR count). The molecule has 0 aliphatic carbocycles. The molecule has 7 nitrogen and oxygen atoms in total. The number of ether oxygens (including phenoxy) is 1. The van der Waals surface area contributed by atoms with Gasteiger partial charge in [-0.2, -0.15) is 0 Å². The van der Waals surface area contributed by atoms with Crippen molar-refractivity contribution in [2.75, 3.05) is 32.1 Å². The van der Waals surface area contributed by atoms with E-state index < -0.39 is 5.97 Å². The lowest BCUT2D eigenvalue weighted by atomic mass is 10.1. The van der Waals surface area contributed by atoms with Crippen molar-refractivity contribution in [3.05, 3.63) is 71.2 Å². The van der Waals surface area contributed by atoms with Gasteiger partial charge in [-0.15, -0.1) is 0 Å². The van der Waals surface area contributed by atoms with Gasteiger partial charge in [-0.05, 0) is 35.9 Å². The maximum absolute atomic E-state index is 12.6. The van der Waals surface area contributed by atoms with Crippen molar-refractivity contribution in [3.8, 4) is 0 Å². The highest BCUT2D eigenvalue weighted by Gasteiger charge is 2.34. The summed E-state index contributed by atoms with van der Waals surface area (Å²) in [6, 6.07) is 13.1. The fraction of sp³-hybridized carbons (Fsp3) is 0.190. The summed E-state index contributed by atoms with van der Waals surface area (Å²) in [7, 11) is 1.27. The lowest BCUT2D eigenvalue weighted by molar-refractivity contribution is -0.136. The van der Waals surface area contributed by atoms with Crippen molar-refractivity contribution < 1.29 is 19.4 Å². The quantitative estimate of drug-likeness (QED) is 0.715. The molecular weight excluding hydrogens is 358 g/mol. The minimum Gasteiger partial charge on any atom is -0.466 e. The normalized spacial score (nSPS) is 14.1. The van der Waals surface area contributed by atoms with Crippen molar-refractivity contribution >= 4 is 29.7 Å². The molecule has 0 spiro atoms. The molecule has 0 unspecified atom stereocenters. The van der Waals surface area contributed by atoms with Crippen LogP contribution in [-0.4, -0.2) is 53.7 Å². The fourth-order valence-corrected chi connectivity index (χ4v) is 2.87. The second kappa shape index (κ2) is 8.96. The molecule has 1 aromatic carbocycles. The van der Waals surface area contributed by atoms with Gasteiger partial charge in [0.1, 0.15) is 5.70 Å². The average molecular weight is 379 g/mol. The van der Waals surface area contributed by atoms with Gasteiger partial charge in [0.25, 0.3) is 5.91 Å². The second-order valence-corrected chi connectivity index (χ2v) is 6.13. The number of rotatable bonds is 7. The van der Waals surface area contributed by atoms with Crippen molar-refractivity contribution in [2.45, 2.75) is 0 Å². The van der Waals surface area contributed by atoms with Gasteiger partial charge in [-0.3, -0.25) is 9.78 Å². The largest absolute Gasteiger partial charge is 0.466 e. The molecule has 0 saturated carbocycles. The van der Waals surface area contributed by atoms with Gasteiger partial charge < -0.3 is 20.1 Å². The Morgan fingerprint density at radius 1 is 1.29 bits per heavy atom. The monoisotopic (exact) mass is 379 g/mol. The molecule has 0 saturated heterocycles. The van der Waals surface area contributed by atoms with E-state index in [0.717, 1.165) is 11.3 Å². The first-order valence-corrected chi connectivity index (χ1v) is 8.80. The van der Waals surface area contributed by atoms with Gasteiger partial charge in [0.15, 0.2) is 0 Å². The molecule has 1 aliphatic heterocycles. The Morgan fingerprint density at radius 3 is 2.86 bits per heavy atom. The molecule has 7 heteroatoms. The number of β-amino-alcohol motifs (C(OH)–C–C–N with tert-alkyl or cyclic N) is 1. The summed E-state index contributed by atoms with van der Waals surface area (Å²) < 4.78 is 4.79. The third-order valence-electron chi connectivity index (χ3n) is 4.24. The van der Waals surface area contributed by atoms with Gasteiger partial charge in [-0.1, -0.05) is 24.3 Å². The first-order valence-electron chi connectivity index (χ1n) is 8.80. The number of anilines is 1. The number of hydrogen-bond donors (Lipinski definition) is 2. The van der Waals surface area contributed by atoms with Crippen LogP contribution in [0.4, 0.5) is 5.69 Å². The van der Waals surface area contributed by atoms with E-state index in [1.54, 1.807) is 6.20 Å². The zero-order valence-corrected chi connectivity index (χ0v) is 15.5. The number of hydrogen-bond acceptors (Lipinski definition) is 6. The molecule has 1 amide bonds. The van der Waals surface area contributed by atoms with Crippen LogP contribution in [0.2, 0.25) is 0 Å². The van der Waals surface area contributed by atoms with E-state index in [0.29, 0.717) is 5.69 Å². The van der Waals surface area contributed by atoms with E-state index in [1.807, 2.05) is 54.6 Å². The average Bonchev–Trinajstić information content (AvgIpc) is 3.03. The third kappa shape index (κ3) is 4.44. The molecule has 0 radical (unpaired) electrons. The summed E-state index contributed by atoms with van der Waals surface area (Å²) in [5, 5.41) is 12.2. The van der Waals surface area contributed by atoms with Crippen LogP contribution in [0.1, 0.15) is 11.3 Å². The summed E-state index contributed by atoms with van der Waals surface area (Å²) in [5.41, 5.74) is 2.83. The summed E-state index contributed by atoms with van der Waals surface area (Å²) in [4.78, 5) is 30.3. The van der Waals surface area contributed by atoms with Crippen molar-refractivity contribution in [3.63, 3.8) is 0 Å². The van der Waals surface area contributed by atoms with Crippen LogP contribution in [0.15, 0.2) is 59.9 Å². The van der Waals surface area contributed by atoms with Gasteiger partial charge in [0.05, 0.1) is 31.5 Å². The van der Waals surface area contributed by atoms with Crippen molar-refractivity contribution in [2.24, 2.45) is 0 Å². The van der Waals surface area contributed by atoms with E-state index in [2.05, 4.69) is 10.3 Å². The minimum atomic E-state index is -0.567. The molecule has 2 heterocycles. The summed E-state index contributed by atoms with van der Waals surface area (Å²) >= 11 is 0. The number of carbonyl (C=O) groups is 2. The predicted molar refractivity (Wildman–Crippen MR) is 106 cm³/mol. The Hall–Kier alpha value is -3.45. The number of esters is 1. The Kier molecular flexibility index (Phi) is 6.18. The topological polar surface area (TPSA) is 91.8 Å². The predicted octanol–water partition coefficient (Wildman–Crippen LogP) is 1.93. The standard InChI is InChI=1S/C21H21N3O4/c1-28-21(27)18-14-24(11-12-25)20(26)19(18)23-17-7-4-5-15(13-17)8-9-16-6-2-3-10-22-16/h2-10,13,23,25H,11-12,14H2,1H3. The van der Waals surface area contributed by atoms with Crippen LogP contribution < -0.4 is 5.32 Å². The van der Waals surface area contributed by atoms with Crippen molar-refractivity contribution in [1.29, 1.82) is 0 Å². The molecule has 2 aromatic rings. The number of pyridine rings is 1. The molecule has 0 fully saturated rings. The number of methoxy groups -OCH3 is 1. The lowest BCUT2D eigenvalue weighted by Gasteiger charge is -2.15. The number of aliphatic hydroxyl groups excluding tert-OH is 1. The van der Waals surface area contributed by atoms with Gasteiger partial charge in [0, 0.05) is 18.4 Å². The van der Waals surface area contributed by atoms with E-state index in [-0.39, 0.29) is 36.9 Å². The number of amides is 1. The smallest absolute Gasteiger partial charge is 0.337 e. The Labute approximate surface area is 163 Å². The Morgan fingerprint density at radius 2 is 2.14 bits per heavy atom. The maximum atomic E-state index is 12.6. The summed E-state index contributed by atoms with van der Waals surface area (Å²) in [6.07, 6.45) is 5.53. The number of aromatic nitrogens is 1. The zero-order valence-electron chi connectivity index (χ0n) is 15.5. The number of aliphatic hydroxyl groups is 1. The molecule has 1 aliphatic rings. The molecule has 28 heavy (non-hydrogen) atoms. The highest BCUT2D eigenvalue weighted by atomic mass is 16.5. The van der Waals surface area contributed by atoms with Gasteiger partial charge in [0.2, 0.25) is 0 Å². The summed E-state index contributed by atoms with van der Waals surface area (Å²) in [6.45, 7) is 0.0757. The SMILES string of the molecule is COC(=O)C1=C(Nc2cccc(C=Cc3ccccn3)c2)C(=O)N(CCO)C1. The Balaban J connectivity index is 1.82. The number of benzene rings is 1. The van der Waals surface area contributed by atoms with Crippen LogP contribution in [0.3, 0.4) is 0 Å². The van der Waals surface area contributed by atoms with E-state index in [9.17, 15) is 9.59 Å².